The Morgan fingerprint density at radius 3 is 2.83 bits per heavy atom. The Labute approximate surface area is 114 Å². The van der Waals surface area contributed by atoms with Gasteiger partial charge in [0.1, 0.15) is 0 Å². The van der Waals surface area contributed by atoms with Gasteiger partial charge in [0.25, 0.3) is 0 Å². The highest BCUT2D eigenvalue weighted by atomic mass is 79.9. The van der Waals surface area contributed by atoms with Crippen molar-refractivity contribution in [1.29, 1.82) is 0 Å². The normalized spacial score (nSPS) is 12.7. The molecule has 0 aliphatic rings. The molecule has 1 heterocycles. The Balaban J connectivity index is 2.43. The van der Waals surface area contributed by atoms with Crippen LogP contribution < -0.4 is 5.32 Å². The Bertz CT molecular complexity index is 560. The number of aromatic nitrogens is 1. The zero-order valence-corrected chi connectivity index (χ0v) is 11.6. The van der Waals surface area contributed by atoms with E-state index in [0.717, 1.165) is 26.8 Å². The van der Waals surface area contributed by atoms with E-state index in [1.54, 1.807) is 0 Å². The summed E-state index contributed by atoms with van der Waals surface area (Å²) in [6, 6.07) is 7.80. The number of pyridine rings is 1. The molecule has 18 heavy (non-hydrogen) atoms. The molecule has 0 spiro atoms. The summed E-state index contributed by atoms with van der Waals surface area (Å²) in [6.07, 6.45) is -0.774. The van der Waals surface area contributed by atoms with Crippen molar-refractivity contribution in [3.63, 3.8) is 0 Å². The number of nitrogens with zero attached hydrogens (tertiary/aromatic N) is 1. The molecular weight excluding hydrogens is 296 g/mol. The highest BCUT2D eigenvalue weighted by Crippen LogP contribution is 2.32. The number of nitrogens with one attached hydrogen (secondary N) is 1. The molecule has 0 aliphatic carbocycles. The van der Waals surface area contributed by atoms with Crippen molar-refractivity contribution in [1.82, 2.24) is 4.98 Å². The number of anilines is 1. The predicted molar refractivity (Wildman–Crippen MR) is 75.8 cm³/mol. The van der Waals surface area contributed by atoms with E-state index in [2.05, 4.69) is 26.2 Å². The number of para-hydroxylation sites is 1. The minimum Gasteiger partial charge on any atom is -0.394 e. The van der Waals surface area contributed by atoms with Gasteiger partial charge in [0, 0.05) is 11.9 Å². The summed E-state index contributed by atoms with van der Waals surface area (Å²) in [4.78, 5) is 4.48. The van der Waals surface area contributed by atoms with E-state index >= 15 is 0 Å². The average molecular weight is 311 g/mol. The van der Waals surface area contributed by atoms with Crippen molar-refractivity contribution in [2.45, 2.75) is 13.0 Å². The van der Waals surface area contributed by atoms with Crippen molar-refractivity contribution in [2.75, 3.05) is 18.5 Å². The molecule has 0 radical (unpaired) electrons. The maximum Gasteiger partial charge on any atom is 0.0942 e. The average Bonchev–Trinajstić information content (AvgIpc) is 2.39. The SMILES string of the molecule is Cc1nc2ccccc2c(NCC(O)CO)c1Br. The number of halogens is 1. The molecule has 1 atom stereocenters. The van der Waals surface area contributed by atoms with Crippen LogP contribution in [0.15, 0.2) is 28.7 Å². The minimum absolute atomic E-state index is 0.257. The molecule has 2 rings (SSSR count). The molecule has 0 aliphatic heterocycles. The molecule has 1 unspecified atom stereocenters. The summed E-state index contributed by atoms with van der Waals surface area (Å²) in [5.74, 6) is 0. The van der Waals surface area contributed by atoms with Crippen LogP contribution in [0.25, 0.3) is 10.9 Å². The number of aliphatic hydroxyl groups excluding tert-OH is 2. The van der Waals surface area contributed by atoms with Crippen LogP contribution in [0.1, 0.15) is 5.69 Å². The standard InChI is InChI=1S/C13H15BrN2O2/c1-8-12(14)13(15-6-9(18)7-17)10-4-2-3-5-11(10)16-8/h2-5,9,17-18H,6-7H2,1H3,(H,15,16). The topological polar surface area (TPSA) is 65.4 Å². The summed E-state index contributed by atoms with van der Waals surface area (Å²) in [5, 5.41) is 22.4. The van der Waals surface area contributed by atoms with Gasteiger partial charge in [-0.25, -0.2) is 0 Å². The van der Waals surface area contributed by atoms with Gasteiger partial charge in [-0.2, -0.15) is 0 Å². The van der Waals surface area contributed by atoms with Crippen molar-refractivity contribution in [2.24, 2.45) is 0 Å². The van der Waals surface area contributed by atoms with Crippen LogP contribution in [-0.2, 0) is 0 Å². The fraction of sp³-hybridized carbons (Fsp3) is 0.308. The van der Waals surface area contributed by atoms with Gasteiger partial charge < -0.3 is 15.5 Å². The second-order valence-corrected chi connectivity index (χ2v) is 4.91. The predicted octanol–water partition coefficient (Wildman–Crippen LogP) is 2.07. The van der Waals surface area contributed by atoms with Crippen LogP contribution in [0.2, 0.25) is 0 Å². The fourth-order valence-corrected chi connectivity index (χ4v) is 2.21. The first-order valence-electron chi connectivity index (χ1n) is 5.71. The summed E-state index contributed by atoms with van der Waals surface area (Å²) >= 11 is 3.50. The van der Waals surface area contributed by atoms with Gasteiger partial charge in [0.05, 0.1) is 34.1 Å². The summed E-state index contributed by atoms with van der Waals surface area (Å²) in [6.45, 7) is 1.96. The molecule has 5 heteroatoms. The van der Waals surface area contributed by atoms with Gasteiger partial charge in [0.2, 0.25) is 0 Å². The number of aliphatic hydroxyl groups is 2. The number of hydrogen-bond donors (Lipinski definition) is 3. The summed E-state index contributed by atoms with van der Waals surface area (Å²) in [7, 11) is 0. The molecule has 4 nitrogen and oxygen atoms in total. The van der Waals surface area contributed by atoms with Crippen LogP contribution in [0, 0.1) is 6.92 Å². The largest absolute Gasteiger partial charge is 0.394 e. The zero-order valence-electron chi connectivity index (χ0n) is 10.0. The highest BCUT2D eigenvalue weighted by molar-refractivity contribution is 9.10. The van der Waals surface area contributed by atoms with E-state index in [4.69, 9.17) is 5.11 Å². The van der Waals surface area contributed by atoms with E-state index in [9.17, 15) is 5.11 Å². The molecule has 0 amide bonds. The third-order valence-electron chi connectivity index (χ3n) is 2.72. The van der Waals surface area contributed by atoms with E-state index in [1.165, 1.54) is 0 Å². The van der Waals surface area contributed by atoms with Gasteiger partial charge in [-0.3, -0.25) is 4.98 Å². The van der Waals surface area contributed by atoms with Crippen molar-refractivity contribution < 1.29 is 10.2 Å². The van der Waals surface area contributed by atoms with Crippen molar-refractivity contribution in [3.05, 3.63) is 34.4 Å². The van der Waals surface area contributed by atoms with Crippen LogP contribution in [-0.4, -0.2) is 34.5 Å². The van der Waals surface area contributed by atoms with E-state index in [0.29, 0.717) is 6.54 Å². The Kier molecular flexibility index (Phi) is 4.16. The summed E-state index contributed by atoms with van der Waals surface area (Å²) < 4.78 is 0.881. The first-order valence-corrected chi connectivity index (χ1v) is 6.50. The van der Waals surface area contributed by atoms with Gasteiger partial charge in [0.15, 0.2) is 0 Å². The Morgan fingerprint density at radius 2 is 2.11 bits per heavy atom. The molecule has 0 saturated heterocycles. The van der Waals surface area contributed by atoms with Crippen molar-refractivity contribution in [3.8, 4) is 0 Å². The first-order chi connectivity index (χ1) is 8.63. The number of hydrogen-bond acceptors (Lipinski definition) is 4. The van der Waals surface area contributed by atoms with E-state index in [-0.39, 0.29) is 6.61 Å². The Morgan fingerprint density at radius 1 is 1.39 bits per heavy atom. The second kappa shape index (κ2) is 5.65. The molecule has 3 N–H and O–H groups in total. The summed E-state index contributed by atoms with van der Waals surface area (Å²) in [5.41, 5.74) is 2.68. The van der Waals surface area contributed by atoms with E-state index in [1.807, 2.05) is 31.2 Å². The monoisotopic (exact) mass is 310 g/mol. The van der Waals surface area contributed by atoms with Gasteiger partial charge in [-0.1, -0.05) is 18.2 Å². The van der Waals surface area contributed by atoms with Crippen LogP contribution in [0.5, 0.6) is 0 Å². The third-order valence-corrected chi connectivity index (χ3v) is 3.69. The fourth-order valence-electron chi connectivity index (χ4n) is 1.77. The Hall–Kier alpha value is -1.17. The van der Waals surface area contributed by atoms with Gasteiger partial charge >= 0.3 is 0 Å². The molecule has 1 aromatic heterocycles. The first kappa shape index (κ1) is 13.3. The van der Waals surface area contributed by atoms with Gasteiger partial charge in [-0.15, -0.1) is 0 Å². The minimum atomic E-state index is -0.774. The zero-order chi connectivity index (χ0) is 13.1. The van der Waals surface area contributed by atoms with Crippen LogP contribution in [0.4, 0.5) is 5.69 Å². The third kappa shape index (κ3) is 2.63. The lowest BCUT2D eigenvalue weighted by atomic mass is 10.1. The maximum absolute atomic E-state index is 9.41. The molecule has 0 fully saturated rings. The van der Waals surface area contributed by atoms with Crippen molar-refractivity contribution >= 4 is 32.5 Å². The molecule has 2 aromatic rings. The lowest BCUT2D eigenvalue weighted by Gasteiger charge is -2.15. The number of fused-ring (bicyclic) bond motifs is 1. The number of benzene rings is 1. The lowest BCUT2D eigenvalue weighted by molar-refractivity contribution is 0.105. The van der Waals surface area contributed by atoms with Crippen LogP contribution in [0.3, 0.4) is 0 Å². The molecule has 0 saturated carbocycles. The molecular formula is C13H15BrN2O2. The number of aryl methyl sites for hydroxylation is 1. The highest BCUT2D eigenvalue weighted by Gasteiger charge is 2.11. The smallest absolute Gasteiger partial charge is 0.0942 e. The number of rotatable bonds is 4. The molecule has 96 valence electrons. The lowest BCUT2D eigenvalue weighted by Crippen LogP contribution is -2.23. The van der Waals surface area contributed by atoms with Crippen LogP contribution >= 0.6 is 15.9 Å². The molecule has 0 bridgehead atoms. The van der Waals surface area contributed by atoms with E-state index < -0.39 is 6.10 Å². The van der Waals surface area contributed by atoms with Gasteiger partial charge in [-0.05, 0) is 28.9 Å². The second-order valence-electron chi connectivity index (χ2n) is 4.12. The molecule has 1 aromatic carbocycles. The quantitative estimate of drug-likeness (QED) is 0.809. The maximum atomic E-state index is 9.41.